The lowest BCUT2D eigenvalue weighted by Crippen LogP contribution is -2.54. The van der Waals surface area contributed by atoms with Crippen LogP contribution in [-0.4, -0.2) is 27.9 Å². The number of alkyl halides is 6. The lowest BCUT2D eigenvalue weighted by molar-refractivity contribution is -0.363. The van der Waals surface area contributed by atoms with Crippen molar-refractivity contribution in [2.24, 2.45) is 0 Å². The Morgan fingerprint density at radius 3 is 2.11 bits per heavy atom. The first kappa shape index (κ1) is 13.7. The lowest BCUT2D eigenvalue weighted by Gasteiger charge is -2.35. The third-order valence-corrected chi connectivity index (χ3v) is 4.39. The van der Waals surface area contributed by atoms with Gasteiger partial charge in [0, 0.05) is 0 Å². The number of rotatable bonds is 0. The average molecular weight is 284 g/mol. The number of halogens is 6. The van der Waals surface area contributed by atoms with Crippen LogP contribution in [0.5, 0.6) is 0 Å². The first-order chi connectivity index (χ1) is 8.09. The van der Waals surface area contributed by atoms with Gasteiger partial charge in [-0.1, -0.05) is 28.2 Å². The second-order valence-corrected chi connectivity index (χ2v) is 5.47. The van der Waals surface area contributed by atoms with E-state index in [0.29, 0.717) is 5.56 Å². The van der Waals surface area contributed by atoms with Gasteiger partial charge in [0.1, 0.15) is 0 Å². The van der Waals surface area contributed by atoms with E-state index in [2.05, 4.69) is 3.79 Å². The fraction of sp³-hybridized carbons (Fsp3) is 0.400. The van der Waals surface area contributed by atoms with Gasteiger partial charge >= 0.3 is 27.9 Å². The van der Waals surface area contributed by atoms with Crippen LogP contribution in [0.1, 0.15) is 11.1 Å². The molecule has 18 heavy (non-hydrogen) atoms. The predicted octanol–water partition coefficient (Wildman–Crippen LogP) is 2.32. The van der Waals surface area contributed by atoms with Crippen molar-refractivity contribution >= 4 is 20.0 Å². The number of aryl methyl sites for hydroxylation is 1. The van der Waals surface area contributed by atoms with Gasteiger partial charge in [0.15, 0.2) is 0 Å². The van der Waals surface area contributed by atoms with Crippen molar-refractivity contribution in [1.82, 2.24) is 0 Å². The molecule has 0 fully saturated rings. The molecule has 0 bridgehead atoms. The Morgan fingerprint density at radius 2 is 1.61 bits per heavy atom. The minimum absolute atomic E-state index is 0.0512. The van der Waals surface area contributed by atoms with Gasteiger partial charge in [0.05, 0.1) is 0 Å². The number of benzene rings is 1. The van der Waals surface area contributed by atoms with Gasteiger partial charge in [-0.3, -0.25) is 0 Å². The zero-order chi connectivity index (χ0) is 13.8. The topological polar surface area (TPSA) is 9.23 Å². The van der Waals surface area contributed by atoms with E-state index in [9.17, 15) is 26.3 Å². The van der Waals surface area contributed by atoms with Crippen LogP contribution in [0.3, 0.4) is 0 Å². The maximum Gasteiger partial charge on any atom is 0.478 e. The summed E-state index contributed by atoms with van der Waals surface area (Å²) in [5.41, 5.74) is -4.60. The molecule has 1 aromatic rings. The summed E-state index contributed by atoms with van der Waals surface area (Å²) in [6, 6.07) is 3.68. The zero-order valence-corrected chi connectivity index (χ0v) is 10.5. The Labute approximate surface area is 105 Å². The van der Waals surface area contributed by atoms with Crippen LogP contribution in [0, 0.1) is 6.92 Å². The van der Waals surface area contributed by atoms with E-state index in [1.165, 1.54) is 19.1 Å². The molecule has 0 amide bonds. The van der Waals surface area contributed by atoms with E-state index in [-0.39, 0.29) is 4.43 Å². The molecule has 0 spiro atoms. The van der Waals surface area contributed by atoms with E-state index in [0.717, 1.165) is 6.07 Å². The van der Waals surface area contributed by atoms with Gasteiger partial charge in [0.2, 0.25) is 0 Å². The van der Waals surface area contributed by atoms with Crippen molar-refractivity contribution in [2.75, 3.05) is 0 Å². The fourth-order valence-corrected chi connectivity index (χ4v) is 3.61. The van der Waals surface area contributed by atoms with Gasteiger partial charge in [-0.25, -0.2) is 0 Å². The third-order valence-electron chi connectivity index (χ3n) is 2.89. The van der Waals surface area contributed by atoms with Crippen molar-refractivity contribution in [2.45, 2.75) is 24.9 Å². The molecular weight excluding hydrogens is 277 g/mol. The molecule has 1 heterocycles. The molecule has 0 N–H and O–H groups in total. The van der Waals surface area contributed by atoms with Gasteiger partial charge in [-0.2, -0.15) is 26.3 Å². The Morgan fingerprint density at radius 1 is 1.06 bits per heavy atom. The number of hydrogen-bond donors (Lipinski definition) is 0. The smallest absolute Gasteiger partial charge is 0.478 e. The number of hydrogen-bond acceptors (Lipinski definition) is 1. The van der Waals surface area contributed by atoms with Gasteiger partial charge in [-0.05, 0) is 12.5 Å². The largest absolute Gasteiger partial charge is 0.478 e. The standard InChI is InChI=1S/C10H6F6O.Al.H/c1-6-3-2-4-7(5-6)8(17,9(11,12)13)10(14,15)16;;/h2-3,5H,1H3;;/q-1;+1;. The second-order valence-electron chi connectivity index (χ2n) is 4.13. The van der Waals surface area contributed by atoms with Crippen molar-refractivity contribution in [3.05, 3.63) is 29.3 Å². The van der Waals surface area contributed by atoms with Crippen LogP contribution >= 0.6 is 0 Å². The first-order valence-electron chi connectivity index (χ1n) is 4.97. The molecular formula is C10H7AlF6O. The summed E-state index contributed by atoms with van der Waals surface area (Å²) >= 11 is -2.03. The normalized spacial score (nSPS) is 18.4. The van der Waals surface area contributed by atoms with Crippen LogP contribution in [0.15, 0.2) is 18.2 Å². The van der Waals surface area contributed by atoms with Crippen molar-refractivity contribution in [3.63, 3.8) is 0 Å². The third kappa shape index (κ3) is 1.75. The minimum atomic E-state index is -5.52. The minimum Gasteiger partial charge on any atom is -0.478 e. The van der Waals surface area contributed by atoms with E-state index < -0.39 is 39.1 Å². The summed E-state index contributed by atoms with van der Waals surface area (Å²) < 4.78 is 81.7. The van der Waals surface area contributed by atoms with Crippen LogP contribution in [-0.2, 0) is 9.39 Å². The molecule has 0 radical (unpaired) electrons. The molecule has 0 aliphatic carbocycles. The van der Waals surface area contributed by atoms with E-state index in [4.69, 9.17) is 0 Å². The van der Waals surface area contributed by atoms with Crippen molar-refractivity contribution < 1.29 is 30.1 Å². The maximum atomic E-state index is 12.9. The molecule has 98 valence electrons. The van der Waals surface area contributed by atoms with E-state index >= 15 is 0 Å². The molecule has 0 unspecified atom stereocenters. The molecule has 0 saturated carbocycles. The quantitative estimate of drug-likeness (QED) is 0.525. The molecule has 0 atom stereocenters. The highest BCUT2D eigenvalue weighted by molar-refractivity contribution is 6.49. The molecule has 1 aliphatic heterocycles. The molecule has 1 nitrogen and oxygen atoms in total. The summed E-state index contributed by atoms with van der Waals surface area (Å²) in [6.45, 7) is 1.44. The Kier molecular flexibility index (Phi) is 2.97. The van der Waals surface area contributed by atoms with Gasteiger partial charge < -0.3 is 3.79 Å². The van der Waals surface area contributed by atoms with E-state index in [1.54, 1.807) is 0 Å². The highest BCUT2D eigenvalue weighted by atomic mass is 27.1. The summed E-state index contributed by atoms with van der Waals surface area (Å²) in [6.07, 6.45) is -11.0. The maximum absolute atomic E-state index is 12.9. The van der Waals surface area contributed by atoms with Crippen LogP contribution in [0.25, 0.3) is 0 Å². The summed E-state index contributed by atoms with van der Waals surface area (Å²) in [4.78, 5) is 0. The highest BCUT2D eigenvalue weighted by Crippen LogP contribution is 2.53. The highest BCUT2D eigenvalue weighted by Gasteiger charge is 2.74. The van der Waals surface area contributed by atoms with Gasteiger partial charge in [0.25, 0.3) is 5.60 Å². The SMILES string of the molecule is Cc1cc[c]2c(c1)C(C(F)(F)F)(C(F)(F)F)[O][AlH]2. The molecule has 1 aliphatic rings. The first-order valence-corrected chi connectivity index (χ1v) is 6.25. The second kappa shape index (κ2) is 3.89. The van der Waals surface area contributed by atoms with Crippen molar-refractivity contribution in [1.29, 1.82) is 0 Å². The van der Waals surface area contributed by atoms with Crippen LogP contribution in [0.4, 0.5) is 26.3 Å². The molecule has 0 saturated heterocycles. The molecule has 0 aromatic heterocycles. The van der Waals surface area contributed by atoms with Crippen LogP contribution in [0.2, 0.25) is 0 Å². The Bertz CT molecular complexity index is 464. The monoisotopic (exact) mass is 284 g/mol. The Hall–Kier alpha value is -0.708. The fourth-order valence-electron chi connectivity index (χ4n) is 2.04. The van der Waals surface area contributed by atoms with E-state index in [1.807, 2.05) is 0 Å². The average Bonchev–Trinajstić information content (AvgIpc) is 2.54. The van der Waals surface area contributed by atoms with Crippen LogP contribution < -0.4 is 4.43 Å². The van der Waals surface area contributed by atoms with Crippen molar-refractivity contribution in [3.8, 4) is 0 Å². The Balaban J connectivity index is 2.72. The van der Waals surface area contributed by atoms with Gasteiger partial charge in [-0.15, -0.1) is 0 Å². The summed E-state index contributed by atoms with van der Waals surface area (Å²) in [5, 5.41) is 0. The lowest BCUT2D eigenvalue weighted by atomic mass is 9.91. The number of fused-ring (bicyclic) bond motifs is 1. The molecule has 1 aromatic carbocycles. The molecule has 2 rings (SSSR count). The summed E-state index contributed by atoms with van der Waals surface area (Å²) in [7, 11) is 0. The zero-order valence-electron chi connectivity index (χ0n) is 9.12. The summed E-state index contributed by atoms with van der Waals surface area (Å²) in [5.74, 6) is 0. The molecule has 8 heteroatoms. The predicted molar refractivity (Wildman–Crippen MR) is 52.8 cm³/mol.